The van der Waals surface area contributed by atoms with Crippen LogP contribution in [0.3, 0.4) is 0 Å². The second kappa shape index (κ2) is 7.92. The summed E-state index contributed by atoms with van der Waals surface area (Å²) in [5, 5.41) is 5.34. The molecule has 5 heteroatoms. The number of amides is 1. The van der Waals surface area contributed by atoms with E-state index in [4.69, 9.17) is 4.74 Å². The summed E-state index contributed by atoms with van der Waals surface area (Å²) >= 11 is 1.77. The average Bonchev–Trinajstić information content (AvgIpc) is 3.10. The third-order valence-electron chi connectivity index (χ3n) is 4.67. The molecule has 2 N–H and O–H groups in total. The van der Waals surface area contributed by atoms with E-state index in [9.17, 15) is 4.79 Å². The molecule has 2 atom stereocenters. The molecule has 1 aromatic carbocycles. The zero-order chi connectivity index (χ0) is 16.9. The highest BCUT2D eigenvalue weighted by Crippen LogP contribution is 2.20. The van der Waals surface area contributed by atoms with Gasteiger partial charge in [-0.25, -0.2) is 0 Å². The first kappa shape index (κ1) is 17.1. The standard InChI is InChI=1S/C19H24N2O2S/c1-14-6-3-4-7-16(14)19(22)20-15(2)18(17-8-5-13-24-17)21-9-11-23-12-10-21/h3-8,13,15,18H,9-12H2,1-2H3,(H,20,22)/p+1/t15-,18+/m1/s1. The van der Waals surface area contributed by atoms with Gasteiger partial charge >= 0.3 is 0 Å². The van der Waals surface area contributed by atoms with Crippen molar-refractivity contribution in [1.29, 1.82) is 0 Å². The molecule has 1 aliphatic heterocycles. The molecule has 1 aliphatic rings. The Morgan fingerprint density at radius 3 is 2.62 bits per heavy atom. The number of hydrogen-bond donors (Lipinski definition) is 2. The maximum atomic E-state index is 12.7. The van der Waals surface area contributed by atoms with Crippen LogP contribution in [0.4, 0.5) is 0 Å². The van der Waals surface area contributed by atoms with Crippen LogP contribution in [0.5, 0.6) is 0 Å². The Bertz CT molecular complexity index is 666. The van der Waals surface area contributed by atoms with Gasteiger partial charge in [-0.1, -0.05) is 24.3 Å². The zero-order valence-electron chi connectivity index (χ0n) is 14.2. The van der Waals surface area contributed by atoms with Crippen molar-refractivity contribution in [3.63, 3.8) is 0 Å². The van der Waals surface area contributed by atoms with Gasteiger partial charge in [0.25, 0.3) is 5.91 Å². The molecule has 0 unspecified atom stereocenters. The van der Waals surface area contributed by atoms with Crippen molar-refractivity contribution in [3.05, 3.63) is 57.8 Å². The molecule has 2 heterocycles. The summed E-state index contributed by atoms with van der Waals surface area (Å²) in [6.07, 6.45) is 0. The first-order valence-electron chi connectivity index (χ1n) is 8.49. The third kappa shape index (κ3) is 3.86. The molecule has 0 radical (unpaired) electrons. The minimum absolute atomic E-state index is 0.00909. The lowest BCUT2D eigenvalue weighted by Gasteiger charge is -2.34. The lowest BCUT2D eigenvalue weighted by Crippen LogP contribution is -3.15. The summed E-state index contributed by atoms with van der Waals surface area (Å²) in [5.41, 5.74) is 1.76. The van der Waals surface area contributed by atoms with Crippen molar-refractivity contribution in [3.8, 4) is 0 Å². The molecule has 1 amide bonds. The van der Waals surface area contributed by atoms with Gasteiger partial charge in [-0.2, -0.15) is 0 Å². The zero-order valence-corrected chi connectivity index (χ0v) is 15.1. The molecule has 1 saturated heterocycles. The molecule has 0 spiro atoms. The summed E-state index contributed by atoms with van der Waals surface area (Å²) in [6.45, 7) is 7.62. The maximum Gasteiger partial charge on any atom is 0.251 e. The summed E-state index contributed by atoms with van der Waals surface area (Å²) in [4.78, 5) is 15.5. The molecule has 1 fully saturated rings. The van der Waals surface area contributed by atoms with Gasteiger partial charge in [-0.3, -0.25) is 4.79 Å². The number of quaternary nitrogens is 1. The second-order valence-electron chi connectivity index (χ2n) is 6.34. The molecule has 0 aliphatic carbocycles. The van der Waals surface area contributed by atoms with Gasteiger partial charge < -0.3 is 15.0 Å². The number of carbonyl (C=O) groups is 1. The molecule has 0 bridgehead atoms. The summed E-state index contributed by atoms with van der Waals surface area (Å²) in [5.74, 6) is 0.00909. The Hall–Kier alpha value is -1.69. The molecule has 128 valence electrons. The van der Waals surface area contributed by atoms with Crippen LogP contribution in [0.25, 0.3) is 0 Å². The van der Waals surface area contributed by atoms with Crippen molar-refractivity contribution in [2.75, 3.05) is 26.3 Å². The number of ether oxygens (including phenoxy) is 1. The largest absolute Gasteiger partial charge is 0.370 e. The first-order valence-corrected chi connectivity index (χ1v) is 9.37. The molecule has 2 aromatic rings. The maximum absolute atomic E-state index is 12.7. The average molecular weight is 345 g/mol. The van der Waals surface area contributed by atoms with Crippen LogP contribution in [-0.4, -0.2) is 38.3 Å². The third-order valence-corrected chi connectivity index (χ3v) is 5.63. The summed E-state index contributed by atoms with van der Waals surface area (Å²) < 4.78 is 5.51. The lowest BCUT2D eigenvalue weighted by atomic mass is 10.0. The van der Waals surface area contributed by atoms with E-state index in [0.717, 1.165) is 37.4 Å². The number of morpholine rings is 1. The SMILES string of the molecule is Cc1ccccc1C(=O)N[C@H](C)[C@@H](c1cccs1)[NH+]1CCOCC1. The minimum Gasteiger partial charge on any atom is -0.370 e. The highest BCUT2D eigenvalue weighted by Gasteiger charge is 2.33. The number of aryl methyl sites for hydroxylation is 1. The van der Waals surface area contributed by atoms with E-state index in [2.05, 4.69) is 29.8 Å². The highest BCUT2D eigenvalue weighted by molar-refractivity contribution is 7.10. The first-order chi connectivity index (χ1) is 11.7. The van der Waals surface area contributed by atoms with Crippen LogP contribution >= 0.6 is 11.3 Å². The van der Waals surface area contributed by atoms with Gasteiger partial charge in [0.2, 0.25) is 0 Å². The van der Waals surface area contributed by atoms with E-state index < -0.39 is 0 Å². The Labute approximate surface area is 147 Å². The highest BCUT2D eigenvalue weighted by atomic mass is 32.1. The normalized spacial score (nSPS) is 18.1. The Balaban J connectivity index is 1.77. The second-order valence-corrected chi connectivity index (χ2v) is 7.32. The minimum atomic E-state index is 0.00909. The Kier molecular flexibility index (Phi) is 5.66. The number of rotatable bonds is 5. The molecule has 0 saturated carbocycles. The quantitative estimate of drug-likeness (QED) is 0.868. The number of thiophene rings is 1. The molecule has 24 heavy (non-hydrogen) atoms. The topological polar surface area (TPSA) is 42.8 Å². The smallest absolute Gasteiger partial charge is 0.251 e. The number of carbonyl (C=O) groups excluding carboxylic acids is 1. The van der Waals surface area contributed by atoms with E-state index in [1.165, 1.54) is 9.78 Å². The van der Waals surface area contributed by atoms with E-state index in [-0.39, 0.29) is 18.0 Å². The summed E-state index contributed by atoms with van der Waals surface area (Å²) in [7, 11) is 0. The Morgan fingerprint density at radius 1 is 1.21 bits per heavy atom. The number of hydrogen-bond acceptors (Lipinski definition) is 3. The number of nitrogens with one attached hydrogen (secondary N) is 2. The molecular weight excluding hydrogens is 320 g/mol. The van der Waals surface area contributed by atoms with Crippen molar-refractivity contribution in [2.24, 2.45) is 0 Å². The van der Waals surface area contributed by atoms with Gasteiger partial charge in [0.05, 0.1) is 24.1 Å². The van der Waals surface area contributed by atoms with Crippen LogP contribution < -0.4 is 10.2 Å². The van der Waals surface area contributed by atoms with Crippen LogP contribution in [0.2, 0.25) is 0 Å². The van der Waals surface area contributed by atoms with Gasteiger partial charge in [-0.05, 0) is 36.9 Å². The Morgan fingerprint density at radius 2 is 1.96 bits per heavy atom. The van der Waals surface area contributed by atoms with Crippen LogP contribution in [0.15, 0.2) is 41.8 Å². The van der Waals surface area contributed by atoms with Crippen molar-refractivity contribution in [1.82, 2.24) is 5.32 Å². The fraction of sp³-hybridized carbons (Fsp3) is 0.421. The fourth-order valence-corrected chi connectivity index (χ4v) is 4.40. The predicted octanol–water partition coefficient (Wildman–Crippen LogP) is 1.83. The van der Waals surface area contributed by atoms with E-state index in [0.29, 0.717) is 0 Å². The monoisotopic (exact) mass is 345 g/mol. The van der Waals surface area contributed by atoms with Crippen LogP contribution in [0.1, 0.15) is 33.8 Å². The molecular formula is C19H25N2O2S+. The summed E-state index contributed by atoms with van der Waals surface area (Å²) in [6, 6.07) is 12.3. The molecule has 1 aromatic heterocycles. The lowest BCUT2D eigenvalue weighted by molar-refractivity contribution is -0.939. The molecule has 3 rings (SSSR count). The van der Waals surface area contributed by atoms with Gasteiger partial charge in [0.15, 0.2) is 0 Å². The van der Waals surface area contributed by atoms with Crippen LogP contribution in [0, 0.1) is 6.92 Å². The van der Waals surface area contributed by atoms with E-state index >= 15 is 0 Å². The van der Waals surface area contributed by atoms with Crippen molar-refractivity contribution in [2.45, 2.75) is 25.9 Å². The van der Waals surface area contributed by atoms with Crippen molar-refractivity contribution < 1.29 is 14.4 Å². The van der Waals surface area contributed by atoms with Gasteiger partial charge in [0, 0.05) is 5.56 Å². The van der Waals surface area contributed by atoms with Gasteiger partial charge in [-0.15, -0.1) is 11.3 Å². The van der Waals surface area contributed by atoms with Gasteiger partial charge in [0.1, 0.15) is 19.1 Å². The van der Waals surface area contributed by atoms with Crippen molar-refractivity contribution >= 4 is 17.2 Å². The molecule has 4 nitrogen and oxygen atoms in total. The van der Waals surface area contributed by atoms with E-state index in [1.54, 1.807) is 11.3 Å². The fourth-order valence-electron chi connectivity index (χ4n) is 3.41. The van der Waals surface area contributed by atoms with Crippen LogP contribution in [-0.2, 0) is 4.74 Å². The van der Waals surface area contributed by atoms with E-state index in [1.807, 2.05) is 31.2 Å². The predicted molar refractivity (Wildman–Crippen MR) is 96.7 cm³/mol. The number of benzene rings is 1.